The third-order valence-electron chi connectivity index (χ3n) is 7.78. The minimum Gasteiger partial charge on any atom is -0.489 e. The van der Waals surface area contributed by atoms with Crippen LogP contribution in [-0.4, -0.2) is 46.6 Å². The molecule has 8 heteroatoms. The lowest BCUT2D eigenvalue weighted by molar-refractivity contribution is -0.184. The zero-order chi connectivity index (χ0) is 25.7. The van der Waals surface area contributed by atoms with Gasteiger partial charge in [-0.05, 0) is 65.8 Å². The summed E-state index contributed by atoms with van der Waals surface area (Å²) in [6.45, 7) is 3.02. The first-order valence-corrected chi connectivity index (χ1v) is 12.5. The Kier molecular flexibility index (Phi) is 5.88. The fourth-order valence-electron chi connectivity index (χ4n) is 5.57. The van der Waals surface area contributed by atoms with Crippen molar-refractivity contribution in [2.75, 3.05) is 19.8 Å². The Labute approximate surface area is 213 Å². The first kappa shape index (κ1) is 23.9. The van der Waals surface area contributed by atoms with Crippen molar-refractivity contribution in [1.29, 1.82) is 0 Å². The Hall–Kier alpha value is -3.49. The minimum atomic E-state index is -0.800. The number of carboxylic acid groups (broad SMARTS) is 1. The molecular formula is C29H28FNO6. The Morgan fingerprint density at radius 2 is 2.03 bits per heavy atom. The number of benzene rings is 2. The van der Waals surface area contributed by atoms with Gasteiger partial charge in [0.1, 0.15) is 23.8 Å². The van der Waals surface area contributed by atoms with Crippen molar-refractivity contribution in [2.45, 2.75) is 37.9 Å². The fraction of sp³-hybridized carbons (Fsp3) is 0.379. The second-order valence-electron chi connectivity index (χ2n) is 10.4. The van der Waals surface area contributed by atoms with Crippen LogP contribution >= 0.6 is 0 Å². The molecule has 3 atom stereocenters. The van der Waals surface area contributed by atoms with Crippen LogP contribution in [0.15, 0.2) is 48.7 Å². The third-order valence-corrected chi connectivity index (χ3v) is 7.78. The van der Waals surface area contributed by atoms with Crippen molar-refractivity contribution in [3.05, 3.63) is 76.7 Å². The minimum absolute atomic E-state index is 0.0728. The molecule has 0 amide bonds. The Morgan fingerprint density at radius 1 is 1.19 bits per heavy atom. The molecule has 2 N–H and O–H groups in total. The van der Waals surface area contributed by atoms with Gasteiger partial charge in [-0.2, -0.15) is 0 Å². The maximum absolute atomic E-state index is 14.6. The van der Waals surface area contributed by atoms with Crippen LogP contribution in [0.5, 0.6) is 11.6 Å². The van der Waals surface area contributed by atoms with E-state index >= 15 is 0 Å². The van der Waals surface area contributed by atoms with E-state index in [0.29, 0.717) is 43.4 Å². The molecule has 2 aliphatic carbocycles. The van der Waals surface area contributed by atoms with E-state index in [9.17, 15) is 19.4 Å². The molecule has 2 fully saturated rings. The zero-order valence-electron chi connectivity index (χ0n) is 20.4. The van der Waals surface area contributed by atoms with Crippen LogP contribution in [0, 0.1) is 24.6 Å². The van der Waals surface area contributed by atoms with Crippen LogP contribution in [0.1, 0.15) is 34.6 Å². The van der Waals surface area contributed by atoms with Crippen molar-refractivity contribution >= 4 is 5.97 Å². The quantitative estimate of drug-likeness (QED) is 0.448. The highest BCUT2D eigenvalue weighted by Gasteiger charge is 2.59. The number of pyridine rings is 1. The van der Waals surface area contributed by atoms with Crippen LogP contribution in [0.25, 0.3) is 11.1 Å². The summed E-state index contributed by atoms with van der Waals surface area (Å²) in [6, 6.07) is 12.5. The Balaban J connectivity index is 1.11. The summed E-state index contributed by atoms with van der Waals surface area (Å²) in [4.78, 5) is 15.7. The van der Waals surface area contributed by atoms with Gasteiger partial charge >= 0.3 is 5.97 Å². The van der Waals surface area contributed by atoms with Gasteiger partial charge in [0, 0.05) is 35.7 Å². The lowest BCUT2D eigenvalue weighted by Crippen LogP contribution is -2.50. The third kappa shape index (κ3) is 4.55. The topological polar surface area (TPSA) is 98.1 Å². The molecule has 7 nitrogen and oxygen atoms in total. The normalized spacial score (nSPS) is 22.5. The van der Waals surface area contributed by atoms with E-state index in [1.54, 1.807) is 18.3 Å². The van der Waals surface area contributed by atoms with Crippen LogP contribution < -0.4 is 9.47 Å². The summed E-state index contributed by atoms with van der Waals surface area (Å²) in [5.41, 5.74) is 4.48. The van der Waals surface area contributed by atoms with E-state index in [2.05, 4.69) is 4.98 Å². The lowest BCUT2D eigenvalue weighted by Gasteiger charge is -2.36. The van der Waals surface area contributed by atoms with Crippen LogP contribution in [0.4, 0.5) is 4.39 Å². The average Bonchev–Trinajstić information content (AvgIpc) is 3.45. The van der Waals surface area contributed by atoms with Gasteiger partial charge in [-0.1, -0.05) is 12.1 Å². The number of ether oxygens (including phenoxy) is 3. The number of carbonyl (C=O) groups is 1. The summed E-state index contributed by atoms with van der Waals surface area (Å²) in [5.74, 6) is 0.0998. The smallest absolute Gasteiger partial charge is 0.307 e. The molecule has 192 valence electrons. The molecule has 1 aromatic heterocycles. The summed E-state index contributed by atoms with van der Waals surface area (Å²) in [6.07, 6.45) is 2.93. The van der Waals surface area contributed by atoms with Gasteiger partial charge < -0.3 is 24.4 Å². The predicted octanol–water partition coefficient (Wildman–Crippen LogP) is 4.28. The van der Waals surface area contributed by atoms with Crippen molar-refractivity contribution < 1.29 is 33.6 Å². The number of aromatic nitrogens is 1. The molecule has 0 spiro atoms. The van der Waals surface area contributed by atoms with Crippen molar-refractivity contribution in [2.24, 2.45) is 11.8 Å². The molecule has 3 aliphatic rings. The van der Waals surface area contributed by atoms with E-state index in [4.69, 9.17) is 14.2 Å². The molecule has 0 bridgehead atoms. The Morgan fingerprint density at radius 3 is 2.76 bits per heavy atom. The molecule has 1 aliphatic heterocycles. The molecular weight excluding hydrogens is 477 g/mol. The number of rotatable bonds is 9. The maximum atomic E-state index is 14.6. The summed E-state index contributed by atoms with van der Waals surface area (Å²) in [5, 5.41) is 19.4. The number of nitrogens with zero attached hydrogens (tertiary/aromatic N) is 1. The number of hydrogen-bond acceptors (Lipinski definition) is 6. The van der Waals surface area contributed by atoms with E-state index in [0.717, 1.165) is 34.2 Å². The van der Waals surface area contributed by atoms with Gasteiger partial charge in [0.25, 0.3) is 0 Å². The maximum Gasteiger partial charge on any atom is 0.307 e. The van der Waals surface area contributed by atoms with Crippen LogP contribution in [0.2, 0.25) is 0 Å². The van der Waals surface area contributed by atoms with E-state index in [-0.39, 0.29) is 30.2 Å². The summed E-state index contributed by atoms with van der Waals surface area (Å²) < 4.78 is 31.3. The summed E-state index contributed by atoms with van der Waals surface area (Å²) >= 11 is 0. The number of aryl methyl sites for hydroxylation is 1. The first-order chi connectivity index (χ1) is 17.8. The highest BCUT2D eigenvalue weighted by Crippen LogP contribution is 2.61. The predicted molar refractivity (Wildman–Crippen MR) is 132 cm³/mol. The molecule has 0 radical (unpaired) electrons. The zero-order valence-corrected chi connectivity index (χ0v) is 20.4. The number of halogens is 1. The van der Waals surface area contributed by atoms with Gasteiger partial charge in [-0.3, -0.25) is 4.79 Å². The molecule has 3 aromatic rings. The van der Waals surface area contributed by atoms with E-state index in [1.807, 2.05) is 31.2 Å². The standard InChI is InChI=1S/C29H28FNO6/c1-16-8-25(36-7-6-29(34)14-35-15-29)31-12-23(16)17-2-5-24(30)19(9-17)13-37-20-3-4-21-18(10-20)11-22-26(21)27(22)28(32)33/h2-5,8-10,12,22,26-27,34H,6-7,11,13-15H2,1H3,(H,32,33). The second-order valence-corrected chi connectivity index (χ2v) is 10.4. The highest BCUT2D eigenvalue weighted by atomic mass is 19.1. The molecule has 1 saturated carbocycles. The number of hydrogen-bond donors (Lipinski definition) is 2. The van der Waals surface area contributed by atoms with Crippen LogP contribution in [-0.2, 0) is 22.6 Å². The second kappa shape index (κ2) is 9.11. The van der Waals surface area contributed by atoms with Crippen molar-refractivity contribution in [3.63, 3.8) is 0 Å². The number of aliphatic hydroxyl groups is 1. The van der Waals surface area contributed by atoms with Gasteiger partial charge in [0.05, 0.1) is 25.7 Å². The highest BCUT2D eigenvalue weighted by molar-refractivity contribution is 5.78. The number of aliphatic carboxylic acids is 1. The molecule has 37 heavy (non-hydrogen) atoms. The molecule has 2 aromatic carbocycles. The molecule has 6 rings (SSSR count). The van der Waals surface area contributed by atoms with Crippen molar-refractivity contribution in [1.82, 2.24) is 4.98 Å². The number of fused-ring (bicyclic) bond motifs is 3. The van der Waals surface area contributed by atoms with E-state index < -0.39 is 11.6 Å². The van der Waals surface area contributed by atoms with Gasteiger partial charge in [0.15, 0.2) is 0 Å². The van der Waals surface area contributed by atoms with Gasteiger partial charge in [-0.25, -0.2) is 9.37 Å². The number of carboxylic acids is 1. The largest absolute Gasteiger partial charge is 0.489 e. The monoisotopic (exact) mass is 505 g/mol. The first-order valence-electron chi connectivity index (χ1n) is 12.5. The molecule has 3 unspecified atom stereocenters. The molecule has 1 saturated heterocycles. The summed E-state index contributed by atoms with van der Waals surface area (Å²) in [7, 11) is 0. The Bertz CT molecular complexity index is 1370. The SMILES string of the molecule is Cc1cc(OCCC2(O)COC2)ncc1-c1ccc(F)c(COc2ccc3c(c2)CC2C(C(=O)O)C32)c1. The van der Waals surface area contributed by atoms with Gasteiger partial charge in [0.2, 0.25) is 5.88 Å². The lowest BCUT2D eigenvalue weighted by atomic mass is 9.99. The fourth-order valence-corrected chi connectivity index (χ4v) is 5.57. The average molecular weight is 506 g/mol. The van der Waals surface area contributed by atoms with Gasteiger partial charge in [-0.15, -0.1) is 0 Å². The van der Waals surface area contributed by atoms with Crippen molar-refractivity contribution in [3.8, 4) is 22.8 Å². The van der Waals surface area contributed by atoms with Crippen LogP contribution in [0.3, 0.4) is 0 Å². The molecule has 2 heterocycles. The van der Waals surface area contributed by atoms with E-state index in [1.165, 1.54) is 6.07 Å².